The molecule has 1 N–H and O–H groups in total. The predicted octanol–water partition coefficient (Wildman–Crippen LogP) is 3.21. The molecule has 2 saturated heterocycles. The molecule has 6 nitrogen and oxygen atoms in total. The van der Waals surface area contributed by atoms with Crippen LogP contribution in [0.3, 0.4) is 0 Å². The molecule has 29 heavy (non-hydrogen) atoms. The number of aryl methyl sites for hydroxylation is 2. The summed E-state index contributed by atoms with van der Waals surface area (Å²) < 4.78 is 1.94. The Morgan fingerprint density at radius 1 is 1.17 bits per heavy atom. The lowest BCUT2D eigenvalue weighted by Crippen LogP contribution is -2.42. The first-order valence-electron chi connectivity index (χ1n) is 10.4. The first-order valence-corrected chi connectivity index (χ1v) is 10.4. The highest BCUT2D eigenvalue weighted by Crippen LogP contribution is 2.29. The zero-order chi connectivity index (χ0) is 19.3. The molecule has 154 valence electrons. The summed E-state index contributed by atoms with van der Waals surface area (Å²) in [5.74, 6) is 0.292. The van der Waals surface area contributed by atoms with E-state index in [1.54, 1.807) is 0 Å². The van der Waals surface area contributed by atoms with Crippen molar-refractivity contribution in [1.29, 1.82) is 0 Å². The number of amides is 1. The molecule has 0 spiro atoms. The number of hydrogen-bond donors (Lipinski definition) is 1. The van der Waals surface area contributed by atoms with Crippen LogP contribution in [0.2, 0.25) is 0 Å². The maximum Gasteiger partial charge on any atom is 0.223 e. The van der Waals surface area contributed by atoms with Gasteiger partial charge in [-0.15, -0.1) is 12.4 Å². The summed E-state index contributed by atoms with van der Waals surface area (Å²) in [5, 5.41) is 9.28. The van der Waals surface area contributed by atoms with E-state index in [1.165, 1.54) is 0 Å². The van der Waals surface area contributed by atoms with Gasteiger partial charge in [-0.2, -0.15) is 5.10 Å². The number of carbonyl (C=O) groups is 1. The molecule has 1 aromatic carbocycles. The highest BCUT2D eigenvalue weighted by atomic mass is 35.5. The van der Waals surface area contributed by atoms with Crippen LogP contribution in [-0.4, -0.2) is 50.6 Å². The SMILES string of the molecule is Cc1nc2c3ccccc3nn2c(C)c1CCC(=O)N1C2CCNCC1CC2.Cl. The normalized spacial score (nSPS) is 21.4. The second-order valence-corrected chi connectivity index (χ2v) is 8.19. The third-order valence-electron chi connectivity index (χ3n) is 6.55. The third-order valence-corrected chi connectivity index (χ3v) is 6.55. The first-order chi connectivity index (χ1) is 13.6. The molecule has 5 rings (SSSR count). The summed E-state index contributed by atoms with van der Waals surface area (Å²) >= 11 is 0. The number of nitrogens with one attached hydrogen (secondary N) is 1. The second-order valence-electron chi connectivity index (χ2n) is 8.19. The molecule has 3 aromatic rings. The Hall–Kier alpha value is -2.18. The fraction of sp³-hybridized carbons (Fsp3) is 0.500. The van der Waals surface area contributed by atoms with Crippen molar-refractivity contribution in [3.05, 3.63) is 41.2 Å². The van der Waals surface area contributed by atoms with E-state index in [4.69, 9.17) is 10.1 Å². The summed E-state index contributed by atoms with van der Waals surface area (Å²) in [5.41, 5.74) is 5.10. The van der Waals surface area contributed by atoms with Crippen molar-refractivity contribution >= 4 is 34.9 Å². The van der Waals surface area contributed by atoms with Crippen LogP contribution in [-0.2, 0) is 11.2 Å². The van der Waals surface area contributed by atoms with E-state index in [9.17, 15) is 4.79 Å². The van der Waals surface area contributed by atoms with E-state index in [2.05, 4.69) is 23.2 Å². The molecule has 0 radical (unpaired) electrons. The van der Waals surface area contributed by atoms with Crippen LogP contribution in [0.5, 0.6) is 0 Å². The number of aromatic nitrogens is 3. The molecular weight excluding hydrogens is 386 g/mol. The smallest absolute Gasteiger partial charge is 0.223 e. The van der Waals surface area contributed by atoms with Gasteiger partial charge in [0, 0.05) is 41.8 Å². The van der Waals surface area contributed by atoms with E-state index in [1.807, 2.05) is 29.6 Å². The molecular formula is C22H28ClN5O. The molecule has 0 aliphatic carbocycles. The van der Waals surface area contributed by atoms with Gasteiger partial charge in [0.25, 0.3) is 0 Å². The molecule has 2 aromatic heterocycles. The Morgan fingerprint density at radius 2 is 1.97 bits per heavy atom. The summed E-state index contributed by atoms with van der Waals surface area (Å²) in [4.78, 5) is 20.1. The van der Waals surface area contributed by atoms with E-state index < -0.39 is 0 Å². The molecule has 2 unspecified atom stereocenters. The van der Waals surface area contributed by atoms with Crippen LogP contribution in [0.1, 0.15) is 42.6 Å². The van der Waals surface area contributed by atoms with Crippen LogP contribution in [0.4, 0.5) is 0 Å². The Balaban J connectivity index is 0.00000205. The predicted molar refractivity (Wildman–Crippen MR) is 117 cm³/mol. The van der Waals surface area contributed by atoms with Gasteiger partial charge < -0.3 is 10.2 Å². The molecule has 2 aliphatic heterocycles. The molecule has 4 heterocycles. The topological polar surface area (TPSA) is 62.5 Å². The fourth-order valence-corrected chi connectivity index (χ4v) is 5.09. The van der Waals surface area contributed by atoms with Gasteiger partial charge in [-0.3, -0.25) is 4.79 Å². The third kappa shape index (κ3) is 3.38. The number of carbonyl (C=O) groups excluding carboxylic acids is 1. The van der Waals surface area contributed by atoms with Crippen molar-refractivity contribution in [3.63, 3.8) is 0 Å². The van der Waals surface area contributed by atoms with Gasteiger partial charge in [-0.25, -0.2) is 9.50 Å². The quantitative estimate of drug-likeness (QED) is 0.716. The van der Waals surface area contributed by atoms with E-state index >= 15 is 0 Å². The average Bonchev–Trinajstić information content (AvgIpc) is 3.17. The molecule has 7 heteroatoms. The molecule has 2 bridgehead atoms. The summed E-state index contributed by atoms with van der Waals surface area (Å²) in [6, 6.07) is 8.90. The van der Waals surface area contributed by atoms with Crippen LogP contribution >= 0.6 is 12.4 Å². The zero-order valence-electron chi connectivity index (χ0n) is 17.0. The van der Waals surface area contributed by atoms with Gasteiger partial charge in [-0.1, -0.05) is 12.1 Å². The van der Waals surface area contributed by atoms with Gasteiger partial charge in [-0.05, 0) is 63.8 Å². The Kier molecular flexibility index (Phi) is 5.49. The van der Waals surface area contributed by atoms with Crippen molar-refractivity contribution in [2.75, 3.05) is 13.1 Å². The lowest BCUT2D eigenvalue weighted by atomic mass is 10.1. The minimum atomic E-state index is 0. The molecule has 2 aliphatic rings. The minimum absolute atomic E-state index is 0. The summed E-state index contributed by atoms with van der Waals surface area (Å²) in [7, 11) is 0. The van der Waals surface area contributed by atoms with Crippen LogP contribution in [0.15, 0.2) is 24.3 Å². The van der Waals surface area contributed by atoms with E-state index in [0.29, 0.717) is 24.4 Å². The number of fused-ring (bicyclic) bond motifs is 5. The highest BCUT2D eigenvalue weighted by Gasteiger charge is 2.37. The number of benzene rings is 1. The van der Waals surface area contributed by atoms with Gasteiger partial charge in [0.15, 0.2) is 5.65 Å². The fourth-order valence-electron chi connectivity index (χ4n) is 5.09. The van der Waals surface area contributed by atoms with Crippen LogP contribution < -0.4 is 5.32 Å². The second kappa shape index (κ2) is 7.92. The van der Waals surface area contributed by atoms with Crippen LogP contribution in [0, 0.1) is 13.8 Å². The van der Waals surface area contributed by atoms with Crippen molar-refractivity contribution < 1.29 is 4.79 Å². The molecule has 0 saturated carbocycles. The van der Waals surface area contributed by atoms with Gasteiger partial charge in [0.2, 0.25) is 5.91 Å². The summed E-state index contributed by atoms with van der Waals surface area (Å²) in [6.07, 6.45) is 4.63. The van der Waals surface area contributed by atoms with Crippen molar-refractivity contribution in [3.8, 4) is 0 Å². The standard InChI is InChI=1S/C22H27N5O.ClH/c1-14-18(9-10-21(28)26-16-7-8-17(26)13-23-12-11-16)15(2)27-22(24-14)19-5-3-4-6-20(19)25-27;/h3-6,16-17,23H,7-13H2,1-2H3;1H. The maximum absolute atomic E-state index is 13.1. The number of hydrogen-bond acceptors (Lipinski definition) is 4. The number of nitrogens with zero attached hydrogens (tertiary/aromatic N) is 4. The molecule has 2 fully saturated rings. The first kappa shape index (κ1) is 20.1. The van der Waals surface area contributed by atoms with Gasteiger partial charge in [0.05, 0.1) is 5.52 Å². The van der Waals surface area contributed by atoms with Crippen LogP contribution in [0.25, 0.3) is 16.6 Å². The molecule has 2 atom stereocenters. The van der Waals surface area contributed by atoms with E-state index in [-0.39, 0.29) is 12.4 Å². The monoisotopic (exact) mass is 413 g/mol. The molecule has 1 amide bonds. The Morgan fingerprint density at radius 3 is 2.83 bits per heavy atom. The minimum Gasteiger partial charge on any atom is -0.335 e. The van der Waals surface area contributed by atoms with Gasteiger partial charge >= 0.3 is 0 Å². The number of rotatable bonds is 3. The van der Waals surface area contributed by atoms with E-state index in [0.717, 1.165) is 72.3 Å². The van der Waals surface area contributed by atoms with Crippen molar-refractivity contribution in [2.24, 2.45) is 0 Å². The summed E-state index contributed by atoms with van der Waals surface area (Å²) in [6.45, 7) is 6.10. The number of halogens is 1. The van der Waals surface area contributed by atoms with Gasteiger partial charge in [0.1, 0.15) is 0 Å². The lowest BCUT2D eigenvalue weighted by molar-refractivity contribution is -0.133. The Bertz CT molecular complexity index is 1050. The van der Waals surface area contributed by atoms with Crippen molar-refractivity contribution in [1.82, 2.24) is 24.8 Å². The average molecular weight is 414 g/mol. The zero-order valence-corrected chi connectivity index (χ0v) is 17.8. The Labute approximate surface area is 177 Å². The van der Waals surface area contributed by atoms with Crippen molar-refractivity contribution in [2.45, 2.75) is 58.0 Å². The maximum atomic E-state index is 13.1. The largest absolute Gasteiger partial charge is 0.335 e. The lowest BCUT2D eigenvalue weighted by Gasteiger charge is -2.28. The highest BCUT2D eigenvalue weighted by molar-refractivity contribution is 5.92.